The van der Waals surface area contributed by atoms with Crippen LogP contribution in [0.5, 0.6) is 5.75 Å². The zero-order chi connectivity index (χ0) is 12.9. The van der Waals surface area contributed by atoms with Crippen molar-refractivity contribution in [2.75, 3.05) is 0 Å². The van der Waals surface area contributed by atoms with Crippen molar-refractivity contribution in [1.82, 2.24) is 5.32 Å². The molecular formula is C14H21NO2. The van der Waals surface area contributed by atoms with Crippen molar-refractivity contribution in [3.05, 3.63) is 29.8 Å². The Morgan fingerprint density at radius 3 is 2.29 bits per heavy atom. The highest BCUT2D eigenvalue weighted by molar-refractivity contribution is 5.75. The summed E-state index contributed by atoms with van der Waals surface area (Å²) >= 11 is 0. The zero-order valence-corrected chi connectivity index (χ0v) is 11.0. The van der Waals surface area contributed by atoms with E-state index in [1.54, 1.807) is 0 Å². The van der Waals surface area contributed by atoms with E-state index in [9.17, 15) is 4.79 Å². The number of rotatable bonds is 4. The Balaban J connectivity index is 2.53. The Morgan fingerprint density at radius 1 is 1.24 bits per heavy atom. The maximum Gasteiger partial charge on any atom is 0.219 e. The van der Waals surface area contributed by atoms with Gasteiger partial charge in [-0.25, -0.2) is 0 Å². The maximum absolute atomic E-state index is 11.1. The Labute approximate surface area is 103 Å². The molecule has 0 bridgehead atoms. The van der Waals surface area contributed by atoms with Crippen molar-refractivity contribution < 1.29 is 9.53 Å². The fourth-order valence-corrected chi connectivity index (χ4v) is 1.35. The third-order valence-corrected chi connectivity index (χ3v) is 2.16. The van der Waals surface area contributed by atoms with Crippen LogP contribution in [0.3, 0.4) is 0 Å². The molecule has 1 rings (SSSR count). The Morgan fingerprint density at radius 2 is 1.82 bits per heavy atom. The van der Waals surface area contributed by atoms with Crippen LogP contribution in [0.1, 0.15) is 39.7 Å². The van der Waals surface area contributed by atoms with E-state index in [2.05, 4.69) is 5.32 Å². The molecule has 0 unspecified atom stereocenters. The van der Waals surface area contributed by atoms with Crippen molar-refractivity contribution in [3.63, 3.8) is 0 Å². The van der Waals surface area contributed by atoms with Gasteiger partial charge in [-0.1, -0.05) is 19.1 Å². The standard InChI is InChI=1S/C14H21NO2/c1-5-13(16)15-10-11-6-8-12(9-7-11)17-14(2,3)4/h6-9H,5,10H2,1-4H3,(H,15,16). The number of carbonyl (C=O) groups excluding carboxylic acids is 1. The van der Waals surface area contributed by atoms with E-state index in [-0.39, 0.29) is 11.5 Å². The van der Waals surface area contributed by atoms with Crippen LogP contribution in [0, 0.1) is 0 Å². The van der Waals surface area contributed by atoms with Crippen molar-refractivity contribution in [2.45, 2.75) is 46.3 Å². The van der Waals surface area contributed by atoms with E-state index >= 15 is 0 Å². The highest BCUT2D eigenvalue weighted by Gasteiger charge is 2.11. The van der Waals surface area contributed by atoms with Crippen LogP contribution in [-0.4, -0.2) is 11.5 Å². The number of nitrogens with one attached hydrogen (secondary N) is 1. The van der Waals surface area contributed by atoms with Gasteiger partial charge in [-0.3, -0.25) is 4.79 Å². The molecule has 1 amide bonds. The molecule has 0 atom stereocenters. The molecule has 0 fully saturated rings. The number of ether oxygens (including phenoxy) is 1. The van der Waals surface area contributed by atoms with E-state index in [1.165, 1.54) is 0 Å². The highest BCUT2D eigenvalue weighted by atomic mass is 16.5. The minimum absolute atomic E-state index is 0.0695. The number of hydrogen-bond acceptors (Lipinski definition) is 2. The fourth-order valence-electron chi connectivity index (χ4n) is 1.35. The lowest BCUT2D eigenvalue weighted by atomic mass is 10.1. The Kier molecular flexibility index (Phi) is 4.55. The zero-order valence-electron chi connectivity index (χ0n) is 11.0. The van der Waals surface area contributed by atoms with Gasteiger partial charge in [-0.15, -0.1) is 0 Å². The monoisotopic (exact) mass is 235 g/mol. The SMILES string of the molecule is CCC(=O)NCc1ccc(OC(C)(C)C)cc1. The van der Waals surface area contributed by atoms with Gasteiger partial charge in [0.15, 0.2) is 0 Å². The average Bonchev–Trinajstić information content (AvgIpc) is 2.25. The molecule has 1 aromatic carbocycles. The number of amides is 1. The Hall–Kier alpha value is -1.51. The van der Waals surface area contributed by atoms with Crippen molar-refractivity contribution in [1.29, 1.82) is 0 Å². The smallest absolute Gasteiger partial charge is 0.219 e. The van der Waals surface area contributed by atoms with Gasteiger partial charge >= 0.3 is 0 Å². The van der Waals surface area contributed by atoms with Gasteiger partial charge in [0.05, 0.1) is 0 Å². The molecule has 17 heavy (non-hydrogen) atoms. The molecule has 94 valence electrons. The summed E-state index contributed by atoms with van der Waals surface area (Å²) < 4.78 is 5.72. The first kappa shape index (κ1) is 13.6. The fraction of sp³-hybridized carbons (Fsp3) is 0.500. The first-order valence-corrected chi connectivity index (χ1v) is 5.95. The first-order chi connectivity index (χ1) is 7.90. The summed E-state index contributed by atoms with van der Waals surface area (Å²) in [5.74, 6) is 0.920. The second-order valence-electron chi connectivity index (χ2n) is 4.99. The van der Waals surface area contributed by atoms with E-state index in [0.717, 1.165) is 11.3 Å². The summed E-state index contributed by atoms with van der Waals surface area (Å²) in [6.07, 6.45) is 0.519. The minimum Gasteiger partial charge on any atom is -0.488 e. The van der Waals surface area contributed by atoms with Gasteiger partial charge < -0.3 is 10.1 Å². The lowest BCUT2D eigenvalue weighted by Crippen LogP contribution is -2.23. The van der Waals surface area contributed by atoms with Crippen LogP contribution in [0.25, 0.3) is 0 Å². The van der Waals surface area contributed by atoms with Gasteiger partial charge in [-0.05, 0) is 38.5 Å². The van der Waals surface area contributed by atoms with Gasteiger partial charge in [0.25, 0.3) is 0 Å². The average molecular weight is 235 g/mol. The minimum atomic E-state index is -0.183. The molecule has 0 spiro atoms. The first-order valence-electron chi connectivity index (χ1n) is 5.95. The molecule has 0 aliphatic rings. The highest BCUT2D eigenvalue weighted by Crippen LogP contribution is 2.18. The molecule has 1 N–H and O–H groups in total. The van der Waals surface area contributed by atoms with Crippen LogP contribution in [0.4, 0.5) is 0 Å². The molecule has 0 saturated carbocycles. The molecule has 0 aliphatic carbocycles. The molecule has 3 heteroatoms. The lowest BCUT2D eigenvalue weighted by molar-refractivity contribution is -0.120. The van der Waals surface area contributed by atoms with E-state index in [0.29, 0.717) is 13.0 Å². The summed E-state index contributed by atoms with van der Waals surface area (Å²) in [5.41, 5.74) is 0.894. The molecule has 0 radical (unpaired) electrons. The summed E-state index contributed by atoms with van der Waals surface area (Å²) in [6.45, 7) is 8.46. The molecule has 0 heterocycles. The topological polar surface area (TPSA) is 38.3 Å². The third-order valence-electron chi connectivity index (χ3n) is 2.16. The quantitative estimate of drug-likeness (QED) is 0.871. The summed E-state index contributed by atoms with van der Waals surface area (Å²) in [6, 6.07) is 7.80. The molecular weight excluding hydrogens is 214 g/mol. The van der Waals surface area contributed by atoms with Crippen LogP contribution >= 0.6 is 0 Å². The van der Waals surface area contributed by atoms with Crippen molar-refractivity contribution in [3.8, 4) is 5.75 Å². The lowest BCUT2D eigenvalue weighted by Gasteiger charge is -2.21. The largest absolute Gasteiger partial charge is 0.488 e. The van der Waals surface area contributed by atoms with Crippen LogP contribution in [0.15, 0.2) is 24.3 Å². The second-order valence-corrected chi connectivity index (χ2v) is 4.99. The van der Waals surface area contributed by atoms with Gasteiger partial charge in [0, 0.05) is 13.0 Å². The summed E-state index contributed by atoms with van der Waals surface area (Å²) in [7, 11) is 0. The predicted octanol–water partition coefficient (Wildman–Crippen LogP) is 2.89. The third kappa shape index (κ3) is 5.38. The van der Waals surface area contributed by atoms with Crippen LogP contribution in [0.2, 0.25) is 0 Å². The van der Waals surface area contributed by atoms with E-state index in [1.807, 2.05) is 52.0 Å². The summed E-state index contributed by atoms with van der Waals surface area (Å²) in [4.78, 5) is 11.1. The number of carbonyl (C=O) groups is 1. The van der Waals surface area contributed by atoms with E-state index < -0.39 is 0 Å². The molecule has 0 saturated heterocycles. The number of benzene rings is 1. The Bertz CT molecular complexity index is 363. The second kappa shape index (κ2) is 5.71. The van der Waals surface area contributed by atoms with Gasteiger partial charge in [0.2, 0.25) is 5.91 Å². The molecule has 0 aliphatic heterocycles. The number of hydrogen-bond donors (Lipinski definition) is 1. The van der Waals surface area contributed by atoms with Crippen LogP contribution < -0.4 is 10.1 Å². The van der Waals surface area contributed by atoms with Crippen molar-refractivity contribution >= 4 is 5.91 Å². The normalized spacial score (nSPS) is 11.1. The van der Waals surface area contributed by atoms with Crippen LogP contribution in [-0.2, 0) is 11.3 Å². The molecule has 3 nitrogen and oxygen atoms in total. The van der Waals surface area contributed by atoms with Crippen molar-refractivity contribution in [2.24, 2.45) is 0 Å². The van der Waals surface area contributed by atoms with Gasteiger partial charge in [0.1, 0.15) is 11.4 Å². The maximum atomic E-state index is 11.1. The summed E-state index contributed by atoms with van der Waals surface area (Å²) in [5, 5.41) is 2.84. The van der Waals surface area contributed by atoms with E-state index in [4.69, 9.17) is 4.74 Å². The van der Waals surface area contributed by atoms with Gasteiger partial charge in [-0.2, -0.15) is 0 Å². The molecule has 1 aromatic rings. The predicted molar refractivity (Wildman–Crippen MR) is 69.0 cm³/mol. The molecule has 0 aromatic heterocycles.